The fourth-order valence-electron chi connectivity index (χ4n) is 2.01. The quantitative estimate of drug-likeness (QED) is 0.485. The molecule has 0 aromatic carbocycles. The third kappa shape index (κ3) is 3.23. The Labute approximate surface area is 87.4 Å². The van der Waals surface area contributed by atoms with Gasteiger partial charge in [0.2, 0.25) is 0 Å². The second-order valence-electron chi connectivity index (χ2n) is 4.56. The van der Waals surface area contributed by atoms with E-state index in [1.807, 2.05) is 0 Å². The van der Waals surface area contributed by atoms with Crippen molar-refractivity contribution in [1.29, 1.82) is 0 Å². The zero-order valence-electron chi connectivity index (χ0n) is 9.62. The second kappa shape index (κ2) is 5.69. The average Bonchev–Trinajstić information content (AvgIpc) is 3.01. The maximum Gasteiger partial charge on any atom is 0.0765 e. The normalized spacial score (nSPS) is 23.1. The molecule has 1 aliphatic rings. The van der Waals surface area contributed by atoms with Gasteiger partial charge in [-0.2, -0.15) is 0 Å². The summed E-state index contributed by atoms with van der Waals surface area (Å²) < 4.78 is 5.53. The third-order valence-electron chi connectivity index (χ3n) is 3.32. The van der Waals surface area contributed by atoms with E-state index in [1.54, 1.807) is 7.11 Å². The highest BCUT2D eigenvalue weighted by Crippen LogP contribution is 2.36. The van der Waals surface area contributed by atoms with Crippen LogP contribution in [0.5, 0.6) is 0 Å². The molecule has 3 atom stereocenters. The number of rotatable bonds is 7. The van der Waals surface area contributed by atoms with E-state index >= 15 is 0 Å². The average molecular weight is 200 g/mol. The molecule has 0 heterocycles. The van der Waals surface area contributed by atoms with Gasteiger partial charge in [-0.15, -0.1) is 0 Å². The zero-order chi connectivity index (χ0) is 10.6. The number of nitrogens with one attached hydrogen (secondary N) is 1. The first-order valence-corrected chi connectivity index (χ1v) is 5.71. The van der Waals surface area contributed by atoms with Crippen LogP contribution in [0.3, 0.4) is 0 Å². The van der Waals surface area contributed by atoms with Crippen LogP contribution < -0.4 is 11.3 Å². The van der Waals surface area contributed by atoms with Gasteiger partial charge < -0.3 is 4.74 Å². The summed E-state index contributed by atoms with van der Waals surface area (Å²) in [6, 6.07) is 0.322. The molecule has 0 spiro atoms. The first-order chi connectivity index (χ1) is 6.72. The fourth-order valence-corrected chi connectivity index (χ4v) is 2.01. The smallest absolute Gasteiger partial charge is 0.0765 e. The summed E-state index contributed by atoms with van der Waals surface area (Å²) in [6.07, 6.45) is 5.24. The van der Waals surface area contributed by atoms with Gasteiger partial charge in [0, 0.05) is 13.2 Å². The van der Waals surface area contributed by atoms with Gasteiger partial charge in [-0.05, 0) is 31.1 Å². The van der Waals surface area contributed by atoms with Crippen LogP contribution in [0, 0.1) is 11.8 Å². The Hall–Kier alpha value is -0.120. The SMILES string of the molecule is CCC(C)CC(NN)C(OC)C1CC1. The second-order valence-corrected chi connectivity index (χ2v) is 4.56. The van der Waals surface area contributed by atoms with E-state index in [-0.39, 0.29) is 0 Å². The topological polar surface area (TPSA) is 47.3 Å². The molecule has 0 amide bonds. The molecule has 0 aliphatic heterocycles. The first kappa shape index (κ1) is 12.0. The minimum absolute atomic E-state index is 0.314. The highest BCUT2D eigenvalue weighted by Gasteiger charge is 2.36. The molecule has 0 aromatic heterocycles. The number of nitrogens with two attached hydrogens (primary N) is 1. The largest absolute Gasteiger partial charge is 0.379 e. The maximum atomic E-state index is 5.59. The number of ether oxygens (including phenoxy) is 1. The fraction of sp³-hybridized carbons (Fsp3) is 1.00. The van der Waals surface area contributed by atoms with Crippen molar-refractivity contribution in [3.8, 4) is 0 Å². The molecular formula is C11H24N2O. The molecule has 14 heavy (non-hydrogen) atoms. The number of hydrogen-bond donors (Lipinski definition) is 2. The van der Waals surface area contributed by atoms with Gasteiger partial charge in [0.05, 0.1) is 6.10 Å². The van der Waals surface area contributed by atoms with E-state index in [4.69, 9.17) is 10.6 Å². The summed E-state index contributed by atoms with van der Waals surface area (Å²) >= 11 is 0. The molecule has 1 aliphatic carbocycles. The molecule has 0 aromatic rings. The van der Waals surface area contributed by atoms with Gasteiger partial charge in [0.25, 0.3) is 0 Å². The maximum absolute atomic E-state index is 5.59. The lowest BCUT2D eigenvalue weighted by Gasteiger charge is -2.27. The lowest BCUT2D eigenvalue weighted by molar-refractivity contribution is 0.0436. The van der Waals surface area contributed by atoms with Crippen LogP contribution in [0.15, 0.2) is 0 Å². The Morgan fingerprint density at radius 2 is 2.14 bits per heavy atom. The van der Waals surface area contributed by atoms with Crippen molar-refractivity contribution in [1.82, 2.24) is 5.43 Å². The molecule has 1 rings (SSSR count). The Kier molecular flexibility index (Phi) is 4.85. The summed E-state index contributed by atoms with van der Waals surface area (Å²) in [5, 5.41) is 0. The molecule has 3 heteroatoms. The summed E-state index contributed by atoms with van der Waals surface area (Å²) in [7, 11) is 1.80. The van der Waals surface area contributed by atoms with E-state index in [0.29, 0.717) is 18.1 Å². The molecule has 3 unspecified atom stereocenters. The Bertz CT molecular complexity index is 159. The summed E-state index contributed by atoms with van der Waals surface area (Å²) in [4.78, 5) is 0. The van der Waals surface area contributed by atoms with Crippen LogP contribution in [0.4, 0.5) is 0 Å². The van der Waals surface area contributed by atoms with Crippen molar-refractivity contribution in [2.45, 2.75) is 51.7 Å². The Morgan fingerprint density at radius 3 is 2.50 bits per heavy atom. The molecule has 84 valence electrons. The van der Waals surface area contributed by atoms with Crippen molar-refractivity contribution in [3.05, 3.63) is 0 Å². The monoisotopic (exact) mass is 200 g/mol. The van der Waals surface area contributed by atoms with E-state index in [9.17, 15) is 0 Å². The molecule has 0 saturated heterocycles. The van der Waals surface area contributed by atoms with Gasteiger partial charge in [-0.3, -0.25) is 11.3 Å². The van der Waals surface area contributed by atoms with Crippen LogP contribution >= 0.6 is 0 Å². The van der Waals surface area contributed by atoms with Crippen molar-refractivity contribution in [2.24, 2.45) is 17.7 Å². The lowest BCUT2D eigenvalue weighted by atomic mass is 9.94. The van der Waals surface area contributed by atoms with E-state index in [0.717, 1.165) is 12.3 Å². The summed E-state index contributed by atoms with van der Waals surface area (Å²) in [5.74, 6) is 7.04. The highest BCUT2D eigenvalue weighted by molar-refractivity contribution is 4.89. The molecule has 1 saturated carbocycles. The van der Waals surface area contributed by atoms with Gasteiger partial charge >= 0.3 is 0 Å². The minimum atomic E-state index is 0.314. The van der Waals surface area contributed by atoms with E-state index in [1.165, 1.54) is 19.3 Å². The van der Waals surface area contributed by atoms with Crippen LogP contribution in [0.1, 0.15) is 39.5 Å². The van der Waals surface area contributed by atoms with Crippen LogP contribution in [0.25, 0.3) is 0 Å². The third-order valence-corrected chi connectivity index (χ3v) is 3.32. The van der Waals surface area contributed by atoms with Crippen molar-refractivity contribution in [2.75, 3.05) is 7.11 Å². The van der Waals surface area contributed by atoms with Crippen molar-refractivity contribution < 1.29 is 4.74 Å². The lowest BCUT2D eigenvalue weighted by Crippen LogP contribution is -2.46. The Morgan fingerprint density at radius 1 is 1.50 bits per heavy atom. The van der Waals surface area contributed by atoms with E-state index in [2.05, 4.69) is 19.3 Å². The predicted octanol–water partition coefficient (Wildman–Crippen LogP) is 1.68. The number of hydrazine groups is 1. The molecular weight excluding hydrogens is 176 g/mol. The van der Waals surface area contributed by atoms with Crippen molar-refractivity contribution in [3.63, 3.8) is 0 Å². The molecule has 1 fully saturated rings. The van der Waals surface area contributed by atoms with Gasteiger partial charge in [0.15, 0.2) is 0 Å². The van der Waals surface area contributed by atoms with Crippen LogP contribution in [-0.4, -0.2) is 19.3 Å². The molecule has 0 radical (unpaired) electrons. The van der Waals surface area contributed by atoms with Crippen LogP contribution in [0.2, 0.25) is 0 Å². The molecule has 3 N–H and O–H groups in total. The first-order valence-electron chi connectivity index (χ1n) is 5.71. The van der Waals surface area contributed by atoms with Gasteiger partial charge in [0.1, 0.15) is 0 Å². The van der Waals surface area contributed by atoms with Gasteiger partial charge in [-0.25, -0.2) is 0 Å². The minimum Gasteiger partial charge on any atom is -0.379 e. The van der Waals surface area contributed by atoms with E-state index < -0.39 is 0 Å². The van der Waals surface area contributed by atoms with Gasteiger partial charge in [-0.1, -0.05) is 20.3 Å². The standard InChI is InChI=1S/C11H24N2O/c1-4-8(2)7-10(13-12)11(14-3)9-5-6-9/h8-11,13H,4-7,12H2,1-3H3. The summed E-state index contributed by atoms with van der Waals surface area (Å²) in [5.41, 5.74) is 2.91. The Balaban J connectivity index is 2.41. The van der Waals surface area contributed by atoms with Crippen LogP contribution in [-0.2, 0) is 4.74 Å². The predicted molar refractivity (Wildman–Crippen MR) is 58.7 cm³/mol. The molecule has 3 nitrogen and oxygen atoms in total. The highest BCUT2D eigenvalue weighted by atomic mass is 16.5. The molecule has 0 bridgehead atoms. The van der Waals surface area contributed by atoms with Crippen molar-refractivity contribution >= 4 is 0 Å². The number of hydrogen-bond acceptors (Lipinski definition) is 3. The zero-order valence-corrected chi connectivity index (χ0v) is 9.62. The summed E-state index contributed by atoms with van der Waals surface area (Å²) in [6.45, 7) is 4.49. The number of methoxy groups -OCH3 is 1.